The molecule has 11 heteroatoms. The largest absolute Gasteiger partial charge is 0.508 e. The maximum Gasteiger partial charge on any atom is 0.334 e. The van der Waals surface area contributed by atoms with Crippen molar-refractivity contribution in [1.29, 1.82) is 0 Å². The number of hydrazine groups is 1. The highest BCUT2D eigenvalue weighted by Crippen LogP contribution is 2.30. The van der Waals surface area contributed by atoms with E-state index in [2.05, 4.69) is 16.3 Å². The van der Waals surface area contributed by atoms with Gasteiger partial charge in [0.2, 0.25) is 11.8 Å². The van der Waals surface area contributed by atoms with Crippen molar-refractivity contribution in [2.24, 2.45) is 0 Å². The number of urea groups is 1. The summed E-state index contributed by atoms with van der Waals surface area (Å²) in [5.41, 5.74) is 3.37. The van der Waals surface area contributed by atoms with Crippen LogP contribution in [-0.4, -0.2) is 84.9 Å². The third kappa shape index (κ3) is 6.32. The van der Waals surface area contributed by atoms with Gasteiger partial charge in [0.15, 0.2) is 0 Å². The number of hydrogen-bond donors (Lipinski definition) is 2. The standard InChI is InChI=1S/C33H33N7O4.CH4/c1-3-16-38-20-27-25(10-7-11-28(27)35-38)19-37-21-30-39(29(32(37)43)17-23-12-14-26(41)15-13-23)31(42)22-36(2)40(30)33(44)34-18-24-8-5-4-6-9-24;/h1,4-15,20,29-30,41H,16-19,21-22H2,2H3,(H,34,44);1H4/t29-,30-;/m0./s1. The van der Waals surface area contributed by atoms with Gasteiger partial charge in [-0.3, -0.25) is 14.3 Å². The predicted octanol–water partition coefficient (Wildman–Crippen LogP) is 3.19. The van der Waals surface area contributed by atoms with Crippen molar-refractivity contribution < 1.29 is 19.5 Å². The molecule has 0 aliphatic carbocycles. The second-order valence-electron chi connectivity index (χ2n) is 11.1. The molecule has 1 aromatic heterocycles. The molecule has 0 radical (unpaired) electrons. The summed E-state index contributed by atoms with van der Waals surface area (Å²) in [5, 5.41) is 21.4. The van der Waals surface area contributed by atoms with Crippen molar-refractivity contribution in [3.05, 3.63) is 95.7 Å². The average molecular weight is 608 g/mol. The molecule has 3 aromatic carbocycles. The Kier molecular flexibility index (Phi) is 9.06. The van der Waals surface area contributed by atoms with Gasteiger partial charge in [0, 0.05) is 38.1 Å². The van der Waals surface area contributed by atoms with Crippen LogP contribution >= 0.6 is 0 Å². The lowest BCUT2D eigenvalue weighted by molar-refractivity contribution is -0.187. The Morgan fingerprint density at radius 3 is 2.53 bits per heavy atom. The van der Waals surface area contributed by atoms with Gasteiger partial charge in [-0.25, -0.2) is 14.8 Å². The minimum absolute atomic E-state index is 0. The van der Waals surface area contributed by atoms with Gasteiger partial charge in [0.1, 0.15) is 24.5 Å². The number of terminal acetylenes is 1. The van der Waals surface area contributed by atoms with E-state index in [1.807, 2.05) is 54.7 Å². The van der Waals surface area contributed by atoms with Crippen LogP contribution in [0.15, 0.2) is 79.0 Å². The third-order valence-corrected chi connectivity index (χ3v) is 8.10. The number of phenolic OH excluding ortho intramolecular Hbond substituents is 1. The Morgan fingerprint density at radius 1 is 1.04 bits per heavy atom. The van der Waals surface area contributed by atoms with E-state index in [4.69, 9.17) is 6.42 Å². The summed E-state index contributed by atoms with van der Waals surface area (Å²) in [6, 6.07) is 20.7. The van der Waals surface area contributed by atoms with Gasteiger partial charge in [-0.1, -0.05) is 67.9 Å². The highest BCUT2D eigenvalue weighted by Gasteiger charge is 2.50. The number of aromatic hydroxyl groups is 1. The van der Waals surface area contributed by atoms with Gasteiger partial charge >= 0.3 is 6.03 Å². The number of fused-ring (bicyclic) bond motifs is 2. The minimum Gasteiger partial charge on any atom is -0.508 e. The smallest absolute Gasteiger partial charge is 0.334 e. The number of carbonyl (C=O) groups is 3. The molecule has 45 heavy (non-hydrogen) atoms. The van der Waals surface area contributed by atoms with Gasteiger partial charge in [0.25, 0.3) is 0 Å². The zero-order chi connectivity index (χ0) is 30.8. The normalized spacial score (nSPS) is 18.4. The number of nitrogens with zero attached hydrogens (tertiary/aromatic N) is 6. The molecule has 232 valence electrons. The number of phenols is 1. The second-order valence-corrected chi connectivity index (χ2v) is 11.1. The summed E-state index contributed by atoms with van der Waals surface area (Å²) in [5.74, 6) is 2.25. The van der Waals surface area contributed by atoms with E-state index >= 15 is 0 Å². The Morgan fingerprint density at radius 2 is 1.80 bits per heavy atom. The number of rotatable bonds is 7. The number of aromatic nitrogens is 2. The summed E-state index contributed by atoms with van der Waals surface area (Å²) in [6.45, 7) is 0.959. The molecular weight excluding hydrogens is 570 g/mol. The molecule has 2 aliphatic heterocycles. The molecule has 0 bridgehead atoms. The molecular formula is C34H37N7O4. The lowest BCUT2D eigenvalue weighted by Crippen LogP contribution is -2.76. The van der Waals surface area contributed by atoms with Crippen molar-refractivity contribution >= 4 is 28.7 Å². The molecule has 6 rings (SSSR count). The fraction of sp³-hybridized carbons (Fsp3) is 0.294. The van der Waals surface area contributed by atoms with Gasteiger partial charge < -0.3 is 20.2 Å². The molecule has 2 fully saturated rings. The van der Waals surface area contributed by atoms with Gasteiger partial charge in [0.05, 0.1) is 18.6 Å². The van der Waals surface area contributed by atoms with Crippen LogP contribution in [0.5, 0.6) is 5.75 Å². The van der Waals surface area contributed by atoms with Gasteiger partial charge in [-0.05, 0) is 34.9 Å². The van der Waals surface area contributed by atoms with E-state index in [0.29, 0.717) is 13.1 Å². The maximum absolute atomic E-state index is 14.2. The number of carbonyl (C=O) groups excluding carboxylic acids is 3. The first kappa shape index (κ1) is 31.1. The number of hydrogen-bond acceptors (Lipinski definition) is 6. The molecule has 2 N–H and O–H groups in total. The molecule has 3 heterocycles. The van der Waals surface area contributed by atoms with Crippen LogP contribution in [-0.2, 0) is 35.6 Å². The van der Waals surface area contributed by atoms with Crippen LogP contribution in [0, 0.1) is 12.3 Å². The van der Waals surface area contributed by atoms with E-state index in [-0.39, 0.29) is 57.1 Å². The Balaban J connectivity index is 0.00000400. The Bertz CT molecular complexity index is 1730. The average Bonchev–Trinajstić information content (AvgIpc) is 3.43. The number of piperazine rings is 1. The molecule has 4 aromatic rings. The SMILES string of the molecule is C.C#CCn1cc2c(CN3C[C@H]4N(C(=O)CN(C)N4C(=O)NCc4ccccc4)[C@@H](Cc4ccc(O)cc4)C3=O)cccc2n1. The first-order valence-electron chi connectivity index (χ1n) is 14.4. The lowest BCUT2D eigenvalue weighted by atomic mass is 9.98. The number of likely N-dealkylation sites (N-methyl/N-ethyl adjacent to an activating group) is 1. The first-order valence-corrected chi connectivity index (χ1v) is 14.4. The van der Waals surface area contributed by atoms with E-state index in [0.717, 1.165) is 27.6 Å². The van der Waals surface area contributed by atoms with Crippen molar-refractivity contribution in [1.82, 2.24) is 34.9 Å². The fourth-order valence-electron chi connectivity index (χ4n) is 6.03. The number of benzene rings is 3. The highest BCUT2D eigenvalue weighted by molar-refractivity contribution is 5.92. The molecule has 2 saturated heterocycles. The molecule has 2 aliphatic rings. The highest BCUT2D eigenvalue weighted by atomic mass is 16.3. The summed E-state index contributed by atoms with van der Waals surface area (Å²) in [6.07, 6.45) is 6.87. The topological polar surface area (TPSA) is 114 Å². The van der Waals surface area contributed by atoms with E-state index in [1.165, 1.54) is 0 Å². The lowest BCUT2D eigenvalue weighted by Gasteiger charge is -2.54. The molecule has 0 unspecified atom stereocenters. The summed E-state index contributed by atoms with van der Waals surface area (Å²) < 4.78 is 1.69. The second kappa shape index (κ2) is 13.1. The van der Waals surface area contributed by atoms with Crippen molar-refractivity contribution in [3.8, 4) is 18.1 Å². The Labute approximate surface area is 262 Å². The summed E-state index contributed by atoms with van der Waals surface area (Å²) >= 11 is 0. The van der Waals surface area contributed by atoms with E-state index in [1.54, 1.807) is 55.8 Å². The van der Waals surface area contributed by atoms with Crippen molar-refractivity contribution in [2.45, 2.75) is 45.7 Å². The molecule has 2 atom stereocenters. The van der Waals surface area contributed by atoms with Crippen molar-refractivity contribution in [2.75, 3.05) is 20.1 Å². The quantitative estimate of drug-likeness (QED) is 0.312. The van der Waals surface area contributed by atoms with Crippen LogP contribution in [0.2, 0.25) is 0 Å². The third-order valence-electron chi connectivity index (χ3n) is 8.10. The van der Waals surface area contributed by atoms with Crippen molar-refractivity contribution in [3.63, 3.8) is 0 Å². The fourth-order valence-corrected chi connectivity index (χ4v) is 6.03. The molecule has 4 amide bonds. The number of amides is 4. The minimum atomic E-state index is -0.854. The summed E-state index contributed by atoms with van der Waals surface area (Å²) in [4.78, 5) is 44.8. The van der Waals surface area contributed by atoms with Crippen LogP contribution in [0.4, 0.5) is 4.79 Å². The maximum atomic E-state index is 14.2. The van der Waals surface area contributed by atoms with Crippen LogP contribution in [0.3, 0.4) is 0 Å². The monoisotopic (exact) mass is 607 g/mol. The Hall–Kier alpha value is -5.34. The van der Waals surface area contributed by atoms with Gasteiger partial charge in [-0.15, -0.1) is 6.42 Å². The van der Waals surface area contributed by atoms with Crippen LogP contribution in [0.1, 0.15) is 24.1 Å². The summed E-state index contributed by atoms with van der Waals surface area (Å²) in [7, 11) is 1.70. The van der Waals surface area contributed by atoms with Gasteiger partial charge in [-0.2, -0.15) is 5.10 Å². The van der Waals surface area contributed by atoms with Crippen LogP contribution in [0.25, 0.3) is 10.9 Å². The molecule has 11 nitrogen and oxygen atoms in total. The molecule has 0 saturated carbocycles. The predicted molar refractivity (Wildman–Crippen MR) is 170 cm³/mol. The zero-order valence-electron chi connectivity index (χ0n) is 24.3. The first-order chi connectivity index (χ1) is 21.3. The molecule has 0 spiro atoms. The van der Waals surface area contributed by atoms with E-state index < -0.39 is 12.2 Å². The number of nitrogens with one attached hydrogen (secondary N) is 1. The van der Waals surface area contributed by atoms with Crippen LogP contribution < -0.4 is 5.32 Å². The zero-order valence-corrected chi connectivity index (χ0v) is 24.3. The van der Waals surface area contributed by atoms with E-state index in [9.17, 15) is 19.5 Å².